The zero-order valence-corrected chi connectivity index (χ0v) is 32.2. The van der Waals surface area contributed by atoms with Gasteiger partial charge in [0.05, 0.1) is 25.4 Å². The van der Waals surface area contributed by atoms with Gasteiger partial charge in [-0.3, -0.25) is 4.79 Å². The van der Waals surface area contributed by atoms with Crippen molar-refractivity contribution >= 4 is 5.91 Å². The monoisotopic (exact) mass is 714 g/mol. The molecule has 1 amide bonds. The summed E-state index contributed by atoms with van der Waals surface area (Å²) < 4.78 is 11.2. The molecular formula is C41H79NO8. The second-order valence-electron chi connectivity index (χ2n) is 14.8. The van der Waals surface area contributed by atoms with Gasteiger partial charge in [-0.05, 0) is 19.3 Å². The molecule has 1 fully saturated rings. The first kappa shape index (κ1) is 47.0. The molecule has 0 spiro atoms. The van der Waals surface area contributed by atoms with Crippen LogP contribution in [0, 0.1) is 0 Å². The molecule has 7 atom stereocenters. The van der Waals surface area contributed by atoms with E-state index in [1.165, 1.54) is 128 Å². The summed E-state index contributed by atoms with van der Waals surface area (Å²) in [6.45, 7) is 3.76. The van der Waals surface area contributed by atoms with Crippen LogP contribution in [0.15, 0.2) is 12.2 Å². The molecule has 296 valence electrons. The lowest BCUT2D eigenvalue weighted by Crippen LogP contribution is -2.60. The fourth-order valence-corrected chi connectivity index (χ4v) is 6.68. The average Bonchev–Trinajstić information content (AvgIpc) is 3.11. The maximum Gasteiger partial charge on any atom is 0.220 e. The highest BCUT2D eigenvalue weighted by molar-refractivity contribution is 5.76. The third-order valence-corrected chi connectivity index (χ3v) is 10.1. The second kappa shape index (κ2) is 32.6. The van der Waals surface area contributed by atoms with Crippen LogP contribution < -0.4 is 5.32 Å². The minimum absolute atomic E-state index is 0.177. The maximum absolute atomic E-state index is 12.9. The lowest BCUT2D eigenvalue weighted by atomic mass is 9.99. The molecule has 0 radical (unpaired) electrons. The van der Waals surface area contributed by atoms with Crippen molar-refractivity contribution in [2.24, 2.45) is 0 Å². The predicted octanol–water partition coefficient (Wildman–Crippen LogP) is 7.78. The van der Waals surface area contributed by atoms with E-state index in [0.717, 1.165) is 38.5 Å². The zero-order valence-electron chi connectivity index (χ0n) is 32.2. The average molecular weight is 714 g/mol. The molecule has 9 heteroatoms. The number of aliphatic hydroxyl groups excluding tert-OH is 5. The van der Waals surface area contributed by atoms with Crippen molar-refractivity contribution in [2.75, 3.05) is 13.2 Å². The van der Waals surface area contributed by atoms with Crippen molar-refractivity contribution in [1.29, 1.82) is 0 Å². The number of carbonyl (C=O) groups is 1. The molecule has 0 saturated carbocycles. The van der Waals surface area contributed by atoms with Crippen molar-refractivity contribution < 1.29 is 39.8 Å². The van der Waals surface area contributed by atoms with Gasteiger partial charge in [-0.2, -0.15) is 0 Å². The number of hydrogen-bond acceptors (Lipinski definition) is 8. The number of hydrogen-bond donors (Lipinski definition) is 6. The van der Waals surface area contributed by atoms with E-state index >= 15 is 0 Å². The topological polar surface area (TPSA) is 149 Å². The van der Waals surface area contributed by atoms with Crippen molar-refractivity contribution in [3.05, 3.63) is 12.2 Å². The van der Waals surface area contributed by atoms with Crippen LogP contribution >= 0.6 is 0 Å². The van der Waals surface area contributed by atoms with Gasteiger partial charge in [0.15, 0.2) is 6.29 Å². The first-order chi connectivity index (χ1) is 24.3. The molecule has 0 aromatic carbocycles. The third-order valence-electron chi connectivity index (χ3n) is 10.1. The Hall–Kier alpha value is -1.07. The van der Waals surface area contributed by atoms with Gasteiger partial charge in [0.1, 0.15) is 24.4 Å². The molecule has 1 heterocycles. The van der Waals surface area contributed by atoms with E-state index in [1.807, 2.05) is 6.08 Å². The highest BCUT2D eigenvalue weighted by Gasteiger charge is 2.44. The summed E-state index contributed by atoms with van der Waals surface area (Å²) in [5, 5.41) is 54.0. The van der Waals surface area contributed by atoms with E-state index in [2.05, 4.69) is 19.2 Å². The van der Waals surface area contributed by atoms with Gasteiger partial charge < -0.3 is 40.3 Å². The number of nitrogens with one attached hydrogen (secondary N) is 1. The summed E-state index contributed by atoms with van der Waals surface area (Å²) in [5.41, 5.74) is 0. The van der Waals surface area contributed by atoms with Gasteiger partial charge in [-0.25, -0.2) is 0 Å². The standard InChI is InChI=1S/C41H79NO8/c1-3-5-7-9-11-13-15-17-19-21-23-25-27-29-31-37(45)42-34(33-49-41-40(48)39(47)38(46)36(32-43)50-41)35(44)30-28-26-24-22-20-18-16-14-12-10-8-6-4-2/h28,30,34-36,38-41,43-44,46-48H,3-27,29,31-33H2,1-2H3,(H,42,45)/b30-28+/t34-,35+,36+,38-,39?,40?,41+/m0/s1. The molecule has 9 nitrogen and oxygen atoms in total. The maximum atomic E-state index is 12.9. The van der Waals surface area contributed by atoms with Crippen LogP contribution in [0.5, 0.6) is 0 Å². The number of aliphatic hydroxyl groups is 5. The van der Waals surface area contributed by atoms with Crippen molar-refractivity contribution in [3.8, 4) is 0 Å². The molecular weight excluding hydrogens is 634 g/mol. The minimum Gasteiger partial charge on any atom is -0.394 e. The summed E-state index contributed by atoms with van der Waals surface area (Å²) in [6.07, 6.45) is 28.2. The first-order valence-corrected chi connectivity index (χ1v) is 20.9. The van der Waals surface area contributed by atoms with Gasteiger partial charge >= 0.3 is 0 Å². The van der Waals surface area contributed by atoms with Gasteiger partial charge in [-0.1, -0.05) is 174 Å². The Morgan fingerprint density at radius 1 is 0.660 bits per heavy atom. The minimum atomic E-state index is -1.56. The molecule has 0 aromatic rings. The van der Waals surface area contributed by atoms with E-state index in [0.29, 0.717) is 6.42 Å². The third kappa shape index (κ3) is 23.5. The molecule has 1 rings (SSSR count). The van der Waals surface area contributed by atoms with Crippen LogP contribution in [0.4, 0.5) is 0 Å². The summed E-state index contributed by atoms with van der Waals surface area (Å²) in [4.78, 5) is 12.9. The summed E-state index contributed by atoms with van der Waals surface area (Å²) in [6, 6.07) is -0.796. The van der Waals surface area contributed by atoms with Crippen LogP contribution in [-0.2, 0) is 14.3 Å². The number of unbranched alkanes of at least 4 members (excludes halogenated alkanes) is 24. The Kier molecular flexibility index (Phi) is 30.6. The molecule has 0 aliphatic carbocycles. The fraction of sp³-hybridized carbons (Fsp3) is 0.927. The van der Waals surface area contributed by atoms with E-state index in [4.69, 9.17) is 9.47 Å². The Bertz CT molecular complexity index is 797. The molecule has 1 aliphatic heterocycles. The second-order valence-corrected chi connectivity index (χ2v) is 14.8. The largest absolute Gasteiger partial charge is 0.394 e. The van der Waals surface area contributed by atoms with Crippen molar-refractivity contribution in [3.63, 3.8) is 0 Å². The fourth-order valence-electron chi connectivity index (χ4n) is 6.68. The molecule has 0 aromatic heterocycles. The Balaban J connectivity index is 2.41. The number of ether oxygens (including phenoxy) is 2. The van der Waals surface area contributed by atoms with Gasteiger partial charge in [0.2, 0.25) is 5.91 Å². The van der Waals surface area contributed by atoms with E-state index in [1.54, 1.807) is 6.08 Å². The van der Waals surface area contributed by atoms with Crippen LogP contribution in [0.25, 0.3) is 0 Å². The molecule has 6 N–H and O–H groups in total. The highest BCUT2D eigenvalue weighted by atomic mass is 16.7. The van der Waals surface area contributed by atoms with Crippen LogP contribution in [0.3, 0.4) is 0 Å². The van der Waals surface area contributed by atoms with Gasteiger partial charge in [0.25, 0.3) is 0 Å². The lowest BCUT2D eigenvalue weighted by Gasteiger charge is -2.40. The summed E-state index contributed by atoms with van der Waals surface area (Å²) >= 11 is 0. The number of allylic oxidation sites excluding steroid dienone is 1. The van der Waals surface area contributed by atoms with E-state index in [9.17, 15) is 30.3 Å². The van der Waals surface area contributed by atoms with Gasteiger partial charge in [0, 0.05) is 6.42 Å². The normalized spacial score (nSPS) is 22.3. The number of carbonyl (C=O) groups excluding carboxylic acids is 1. The molecule has 1 saturated heterocycles. The molecule has 1 aliphatic rings. The predicted molar refractivity (Wildman–Crippen MR) is 203 cm³/mol. The smallest absolute Gasteiger partial charge is 0.220 e. The number of rotatable bonds is 34. The Morgan fingerprint density at radius 2 is 1.10 bits per heavy atom. The van der Waals surface area contributed by atoms with E-state index in [-0.39, 0.29) is 12.5 Å². The molecule has 2 unspecified atom stereocenters. The number of amides is 1. The molecule has 50 heavy (non-hydrogen) atoms. The quantitative estimate of drug-likeness (QED) is 0.0293. The van der Waals surface area contributed by atoms with Crippen molar-refractivity contribution in [1.82, 2.24) is 5.32 Å². The summed E-state index contributed by atoms with van der Waals surface area (Å²) in [5.74, 6) is -0.177. The van der Waals surface area contributed by atoms with Crippen molar-refractivity contribution in [2.45, 2.75) is 230 Å². The van der Waals surface area contributed by atoms with Crippen LogP contribution in [0.1, 0.15) is 187 Å². The first-order valence-electron chi connectivity index (χ1n) is 20.9. The Labute approximate surface area is 306 Å². The zero-order chi connectivity index (χ0) is 36.7. The van der Waals surface area contributed by atoms with Crippen LogP contribution in [-0.4, -0.2) is 87.5 Å². The highest BCUT2D eigenvalue weighted by Crippen LogP contribution is 2.22. The summed E-state index contributed by atoms with van der Waals surface area (Å²) in [7, 11) is 0. The SMILES string of the molecule is CCCCCCCCCCCCC/C=C/[C@@H](O)[C@H](CO[C@@H]1O[C@H](CO)[C@H](O)C(O)C1O)NC(=O)CCCCCCCCCCCCCCCC. The molecule has 0 bridgehead atoms. The van der Waals surface area contributed by atoms with Crippen LogP contribution in [0.2, 0.25) is 0 Å². The lowest BCUT2D eigenvalue weighted by molar-refractivity contribution is -0.302. The van der Waals surface area contributed by atoms with E-state index < -0.39 is 49.5 Å². The van der Waals surface area contributed by atoms with Gasteiger partial charge in [-0.15, -0.1) is 0 Å². The Morgan fingerprint density at radius 3 is 1.56 bits per heavy atom.